The first-order valence-corrected chi connectivity index (χ1v) is 8.89. The van der Waals surface area contributed by atoms with Crippen LogP contribution in [0.3, 0.4) is 0 Å². The smallest absolute Gasteiger partial charge is 0.116 e. The minimum Gasteiger partial charge on any atom is -0.245 e. The molecule has 3 aromatic rings. The van der Waals surface area contributed by atoms with Gasteiger partial charge in [-0.25, -0.2) is 14.2 Å². The largest absolute Gasteiger partial charge is 0.245 e. The van der Waals surface area contributed by atoms with Crippen molar-refractivity contribution in [3.05, 3.63) is 60.0 Å². The molecule has 22 heavy (non-hydrogen) atoms. The van der Waals surface area contributed by atoms with Crippen LogP contribution in [0.5, 0.6) is 0 Å². The number of rotatable bonds is 2. The van der Waals surface area contributed by atoms with Gasteiger partial charge in [0.25, 0.3) is 0 Å². The fourth-order valence-electron chi connectivity index (χ4n) is 2.54. The van der Waals surface area contributed by atoms with Gasteiger partial charge in [-0.15, -0.1) is 0 Å². The van der Waals surface area contributed by atoms with Gasteiger partial charge in [0.1, 0.15) is 6.33 Å². The molecular formula is C17H17N3OS. The number of aromatic nitrogens is 2. The van der Waals surface area contributed by atoms with E-state index in [1.165, 1.54) is 0 Å². The third kappa shape index (κ3) is 2.72. The maximum absolute atomic E-state index is 12.9. The quantitative estimate of drug-likeness (QED) is 0.718. The molecule has 2 aromatic carbocycles. The van der Waals surface area contributed by atoms with Crippen molar-refractivity contribution in [2.45, 2.75) is 18.7 Å². The van der Waals surface area contributed by atoms with Gasteiger partial charge >= 0.3 is 0 Å². The van der Waals surface area contributed by atoms with E-state index in [1.807, 2.05) is 56.3 Å². The molecule has 1 heterocycles. The van der Waals surface area contributed by atoms with Gasteiger partial charge in [0, 0.05) is 22.2 Å². The molecular weight excluding hydrogens is 294 g/mol. The molecule has 1 aromatic heterocycles. The van der Waals surface area contributed by atoms with Crippen LogP contribution in [0.15, 0.2) is 58.1 Å². The van der Waals surface area contributed by atoms with Crippen LogP contribution >= 0.6 is 0 Å². The highest BCUT2D eigenvalue weighted by atomic mass is 32.2. The number of hydrogen-bond acceptors (Lipinski definition) is 4. The van der Waals surface area contributed by atoms with Crippen LogP contribution in [0.4, 0.5) is 5.69 Å². The maximum atomic E-state index is 12.9. The standard InChI is InChI=1S/C17H17N3OS/c1-12-9-14(10-16-17(12)13(2)18-11-19-16)20-22(3,21)15-7-5-4-6-8-15/h4-11H,1-3H3/t22-/m1/s1. The SMILES string of the molecule is Cc1cc(N=[S@](C)(=O)c2ccccc2)cc2ncnc(C)c12. The fraction of sp³-hybridized carbons (Fsp3) is 0.176. The van der Waals surface area contributed by atoms with Crippen molar-refractivity contribution in [2.24, 2.45) is 4.36 Å². The minimum atomic E-state index is -2.48. The summed E-state index contributed by atoms with van der Waals surface area (Å²) in [7, 11) is -2.48. The molecule has 0 N–H and O–H groups in total. The van der Waals surface area contributed by atoms with Crippen molar-refractivity contribution in [2.75, 3.05) is 6.26 Å². The number of hydrogen-bond donors (Lipinski definition) is 0. The molecule has 5 heteroatoms. The lowest BCUT2D eigenvalue weighted by molar-refractivity contribution is 0.681. The molecule has 0 fully saturated rings. The highest BCUT2D eigenvalue weighted by Gasteiger charge is 2.09. The molecule has 0 amide bonds. The normalized spacial score (nSPS) is 13.8. The highest BCUT2D eigenvalue weighted by molar-refractivity contribution is 7.93. The van der Waals surface area contributed by atoms with Crippen molar-refractivity contribution in [1.29, 1.82) is 0 Å². The van der Waals surface area contributed by atoms with E-state index >= 15 is 0 Å². The molecule has 0 saturated carbocycles. The summed E-state index contributed by atoms with van der Waals surface area (Å²) in [6.07, 6.45) is 3.20. The van der Waals surface area contributed by atoms with Crippen molar-refractivity contribution in [3.8, 4) is 0 Å². The molecule has 0 bridgehead atoms. The number of fused-ring (bicyclic) bond motifs is 1. The van der Waals surface area contributed by atoms with Gasteiger partial charge < -0.3 is 0 Å². The van der Waals surface area contributed by atoms with Gasteiger partial charge in [0.2, 0.25) is 0 Å². The molecule has 4 nitrogen and oxygen atoms in total. The number of aryl methyl sites for hydroxylation is 2. The summed E-state index contributed by atoms with van der Waals surface area (Å²) in [6.45, 7) is 3.96. The molecule has 0 radical (unpaired) electrons. The molecule has 0 spiro atoms. The Bertz CT molecular complexity index is 958. The first-order chi connectivity index (χ1) is 10.5. The molecule has 1 atom stereocenters. The molecule has 0 saturated heterocycles. The number of benzene rings is 2. The van der Waals surface area contributed by atoms with E-state index < -0.39 is 9.73 Å². The van der Waals surface area contributed by atoms with Crippen LogP contribution in [0, 0.1) is 13.8 Å². The van der Waals surface area contributed by atoms with E-state index in [0.717, 1.165) is 27.1 Å². The van der Waals surface area contributed by atoms with Gasteiger partial charge in [-0.3, -0.25) is 0 Å². The Kier molecular flexibility index (Phi) is 3.66. The van der Waals surface area contributed by atoms with E-state index in [9.17, 15) is 4.21 Å². The first-order valence-electron chi connectivity index (χ1n) is 6.96. The van der Waals surface area contributed by atoms with Crippen LogP contribution in [0.25, 0.3) is 10.9 Å². The van der Waals surface area contributed by atoms with Crippen LogP contribution in [0.1, 0.15) is 11.3 Å². The Labute approximate surface area is 130 Å². The van der Waals surface area contributed by atoms with Gasteiger partial charge in [-0.1, -0.05) is 18.2 Å². The average Bonchev–Trinajstić information content (AvgIpc) is 2.47. The highest BCUT2D eigenvalue weighted by Crippen LogP contribution is 2.27. The van der Waals surface area contributed by atoms with Crippen molar-refractivity contribution in [3.63, 3.8) is 0 Å². The second-order valence-electron chi connectivity index (χ2n) is 5.32. The molecule has 0 aliphatic heterocycles. The molecule has 3 rings (SSSR count). The van der Waals surface area contributed by atoms with Crippen LogP contribution in [-0.2, 0) is 9.73 Å². The van der Waals surface area contributed by atoms with E-state index in [4.69, 9.17) is 0 Å². The van der Waals surface area contributed by atoms with E-state index in [0.29, 0.717) is 5.69 Å². The second kappa shape index (κ2) is 5.50. The summed E-state index contributed by atoms with van der Waals surface area (Å²) in [5, 5.41) is 1.03. The summed E-state index contributed by atoms with van der Waals surface area (Å²) < 4.78 is 17.3. The maximum Gasteiger partial charge on any atom is 0.116 e. The summed E-state index contributed by atoms with van der Waals surface area (Å²) in [5.41, 5.74) is 3.49. The second-order valence-corrected chi connectivity index (χ2v) is 7.58. The Hall–Kier alpha value is -2.27. The topological polar surface area (TPSA) is 55.2 Å². The van der Waals surface area contributed by atoms with Gasteiger partial charge in [-0.05, 0) is 43.7 Å². The summed E-state index contributed by atoms with van der Waals surface area (Å²) >= 11 is 0. The van der Waals surface area contributed by atoms with Gasteiger partial charge in [0.15, 0.2) is 0 Å². The lowest BCUT2D eigenvalue weighted by Crippen LogP contribution is -1.96. The minimum absolute atomic E-state index is 0.680. The van der Waals surface area contributed by atoms with E-state index in [2.05, 4.69) is 14.3 Å². The monoisotopic (exact) mass is 311 g/mol. The fourth-order valence-corrected chi connectivity index (χ4v) is 3.82. The Morgan fingerprint density at radius 3 is 2.50 bits per heavy atom. The number of nitrogens with zero attached hydrogens (tertiary/aromatic N) is 3. The lowest BCUT2D eigenvalue weighted by Gasteiger charge is -2.08. The summed E-state index contributed by atoms with van der Waals surface area (Å²) in [5.74, 6) is 0. The Balaban J connectivity index is 2.20. The zero-order valence-corrected chi connectivity index (χ0v) is 13.6. The van der Waals surface area contributed by atoms with Crippen molar-refractivity contribution >= 4 is 26.3 Å². The molecule has 0 aliphatic rings. The zero-order chi connectivity index (χ0) is 15.7. The first kappa shape index (κ1) is 14.7. The van der Waals surface area contributed by atoms with Crippen LogP contribution in [0.2, 0.25) is 0 Å². The molecule has 112 valence electrons. The predicted molar refractivity (Wildman–Crippen MR) is 89.9 cm³/mol. The summed E-state index contributed by atoms with van der Waals surface area (Å²) in [4.78, 5) is 9.25. The predicted octanol–water partition coefficient (Wildman–Crippen LogP) is 4.04. The molecule has 0 unspecified atom stereocenters. The Morgan fingerprint density at radius 2 is 1.77 bits per heavy atom. The van der Waals surface area contributed by atoms with Crippen LogP contribution < -0.4 is 0 Å². The molecule has 0 aliphatic carbocycles. The van der Waals surface area contributed by atoms with Crippen molar-refractivity contribution < 1.29 is 4.21 Å². The van der Waals surface area contributed by atoms with E-state index in [1.54, 1.807) is 12.6 Å². The zero-order valence-electron chi connectivity index (χ0n) is 12.8. The lowest BCUT2D eigenvalue weighted by atomic mass is 10.1. The average molecular weight is 311 g/mol. The third-order valence-electron chi connectivity index (χ3n) is 3.57. The van der Waals surface area contributed by atoms with Crippen molar-refractivity contribution in [1.82, 2.24) is 9.97 Å². The third-order valence-corrected chi connectivity index (χ3v) is 5.28. The summed E-state index contributed by atoms with van der Waals surface area (Å²) in [6, 6.07) is 13.1. The van der Waals surface area contributed by atoms with Crippen LogP contribution in [-0.4, -0.2) is 20.4 Å². The van der Waals surface area contributed by atoms with E-state index in [-0.39, 0.29) is 0 Å². The Morgan fingerprint density at radius 1 is 1.05 bits per heavy atom. The van der Waals surface area contributed by atoms with Gasteiger partial charge in [-0.2, -0.15) is 4.36 Å². The van der Waals surface area contributed by atoms with Gasteiger partial charge in [0.05, 0.1) is 20.9 Å².